The van der Waals surface area contributed by atoms with Gasteiger partial charge < -0.3 is 18.6 Å². The summed E-state index contributed by atoms with van der Waals surface area (Å²) in [5.74, 6) is 0.278. The number of thiophene rings is 1. The molecule has 12 nitrogen and oxygen atoms in total. The summed E-state index contributed by atoms with van der Waals surface area (Å²) in [4.78, 5) is 51.6. The number of rotatable bonds is 10. The lowest BCUT2D eigenvalue weighted by molar-refractivity contribution is -0.139. The van der Waals surface area contributed by atoms with Crippen molar-refractivity contribution in [1.82, 2.24) is 19.6 Å². The second-order valence-corrected chi connectivity index (χ2v) is 11.5. The number of oxazole rings is 1. The van der Waals surface area contributed by atoms with E-state index in [1.165, 1.54) is 49.3 Å². The molecule has 1 saturated heterocycles. The Morgan fingerprint density at radius 1 is 1.21 bits per heavy atom. The van der Waals surface area contributed by atoms with Gasteiger partial charge in [-0.3, -0.25) is 19.0 Å². The Balaban J connectivity index is 1.75. The molecule has 224 valence electrons. The first-order valence-electron chi connectivity index (χ1n) is 13.6. The third-order valence-corrected chi connectivity index (χ3v) is 8.81. The van der Waals surface area contributed by atoms with Gasteiger partial charge in [-0.1, -0.05) is 18.2 Å². The minimum absolute atomic E-state index is 0.0420. The van der Waals surface area contributed by atoms with Gasteiger partial charge in [-0.15, -0.1) is 11.3 Å². The van der Waals surface area contributed by atoms with Crippen molar-refractivity contribution in [2.24, 2.45) is 0 Å². The summed E-state index contributed by atoms with van der Waals surface area (Å²) in [6, 6.07) is 7.48. The molecule has 42 heavy (non-hydrogen) atoms. The van der Waals surface area contributed by atoms with Gasteiger partial charge in [-0.05, 0) is 45.2 Å². The molecule has 0 unspecified atom stereocenters. The Bertz CT molecular complexity index is 1680. The average molecular weight is 599 g/mol. The van der Waals surface area contributed by atoms with E-state index >= 15 is 0 Å². The molecule has 0 saturated carbocycles. The number of benzene rings is 1. The summed E-state index contributed by atoms with van der Waals surface area (Å²) in [5, 5.41) is 0.288. The fourth-order valence-electron chi connectivity index (χ4n) is 5.22. The number of carbonyl (C=O) groups is 1. The molecule has 1 fully saturated rings. The molecule has 0 spiro atoms. The number of nitrogens with zero attached hydrogens (tertiary/aromatic N) is 3. The van der Waals surface area contributed by atoms with Gasteiger partial charge in [0.25, 0.3) is 11.5 Å². The van der Waals surface area contributed by atoms with Crippen LogP contribution in [0.15, 0.2) is 50.7 Å². The lowest BCUT2D eigenvalue weighted by Gasteiger charge is -2.30. The minimum atomic E-state index is -1.60. The van der Waals surface area contributed by atoms with Crippen LogP contribution in [0.1, 0.15) is 43.9 Å². The SMILES string of the molecule is CONC(=O)C(C)(C)n1c(=O)c2c(C)c(-c3ncco3)sc2n(C[C@H](OC2CCOCC2)c2ccccc2OC)c1=O. The molecule has 1 aliphatic heterocycles. The van der Waals surface area contributed by atoms with Crippen molar-refractivity contribution in [3.63, 3.8) is 0 Å². The number of aryl methyl sites for hydroxylation is 1. The zero-order valence-electron chi connectivity index (χ0n) is 24.2. The van der Waals surface area contributed by atoms with E-state index in [0.29, 0.717) is 53.0 Å². The van der Waals surface area contributed by atoms with Gasteiger partial charge in [0.1, 0.15) is 28.5 Å². The zero-order valence-corrected chi connectivity index (χ0v) is 25.0. The molecule has 1 N–H and O–H groups in total. The second kappa shape index (κ2) is 12.2. The van der Waals surface area contributed by atoms with Crippen LogP contribution in [-0.4, -0.2) is 53.6 Å². The highest BCUT2D eigenvalue weighted by molar-refractivity contribution is 7.22. The van der Waals surface area contributed by atoms with E-state index in [9.17, 15) is 14.4 Å². The maximum Gasteiger partial charge on any atom is 0.333 e. The number of nitrogens with one attached hydrogen (secondary N) is 1. The predicted molar refractivity (Wildman–Crippen MR) is 156 cm³/mol. The van der Waals surface area contributed by atoms with Crippen LogP contribution in [0.5, 0.6) is 5.75 Å². The average Bonchev–Trinajstić information content (AvgIpc) is 3.63. The Morgan fingerprint density at radius 2 is 1.95 bits per heavy atom. The summed E-state index contributed by atoms with van der Waals surface area (Å²) in [5.41, 5.74) is 0.735. The van der Waals surface area contributed by atoms with Gasteiger partial charge in [0.05, 0.1) is 43.3 Å². The second-order valence-electron chi connectivity index (χ2n) is 10.5. The van der Waals surface area contributed by atoms with Crippen LogP contribution >= 0.6 is 11.3 Å². The summed E-state index contributed by atoms with van der Waals surface area (Å²) >= 11 is 1.23. The molecule has 1 amide bonds. The molecule has 13 heteroatoms. The summed E-state index contributed by atoms with van der Waals surface area (Å²) in [6.45, 7) is 5.95. The topological polar surface area (TPSA) is 136 Å². The number of carbonyl (C=O) groups excluding carboxylic acids is 1. The molecule has 1 aromatic carbocycles. The van der Waals surface area contributed by atoms with Crippen LogP contribution < -0.4 is 21.5 Å². The molecule has 1 atom stereocenters. The molecule has 4 heterocycles. The van der Waals surface area contributed by atoms with Gasteiger partial charge in [0, 0.05) is 18.8 Å². The van der Waals surface area contributed by atoms with Crippen molar-refractivity contribution in [2.45, 2.75) is 57.9 Å². The van der Waals surface area contributed by atoms with Crippen molar-refractivity contribution >= 4 is 27.5 Å². The molecule has 0 bridgehead atoms. The number of aromatic nitrogens is 3. The number of hydrogen-bond acceptors (Lipinski definition) is 10. The number of amides is 1. The van der Waals surface area contributed by atoms with E-state index in [1.807, 2.05) is 24.3 Å². The smallest absolute Gasteiger partial charge is 0.333 e. The van der Waals surface area contributed by atoms with Crippen LogP contribution in [0, 0.1) is 6.92 Å². The molecular weight excluding hydrogens is 564 g/mol. The normalized spacial score (nSPS) is 15.2. The molecule has 1 aliphatic rings. The van der Waals surface area contributed by atoms with Gasteiger partial charge in [0.15, 0.2) is 0 Å². The van der Waals surface area contributed by atoms with Crippen LogP contribution in [0.2, 0.25) is 0 Å². The van der Waals surface area contributed by atoms with Crippen molar-refractivity contribution in [1.29, 1.82) is 0 Å². The van der Waals surface area contributed by atoms with Gasteiger partial charge in [-0.2, -0.15) is 0 Å². The molecule has 5 rings (SSSR count). The first kappa shape index (κ1) is 29.7. The van der Waals surface area contributed by atoms with Gasteiger partial charge in [-0.25, -0.2) is 19.8 Å². The number of ether oxygens (including phenoxy) is 3. The predicted octanol–water partition coefficient (Wildman–Crippen LogP) is 3.55. The Morgan fingerprint density at radius 3 is 2.62 bits per heavy atom. The van der Waals surface area contributed by atoms with E-state index in [1.54, 1.807) is 14.0 Å². The highest BCUT2D eigenvalue weighted by Crippen LogP contribution is 2.37. The fraction of sp³-hybridized carbons (Fsp3) is 0.448. The van der Waals surface area contributed by atoms with Gasteiger partial charge in [0.2, 0.25) is 5.89 Å². The molecule has 0 aliphatic carbocycles. The van der Waals surface area contributed by atoms with Crippen LogP contribution in [0.4, 0.5) is 0 Å². The maximum absolute atomic E-state index is 14.3. The first-order chi connectivity index (χ1) is 20.2. The summed E-state index contributed by atoms with van der Waals surface area (Å²) in [7, 11) is 2.87. The van der Waals surface area contributed by atoms with Crippen LogP contribution in [0.25, 0.3) is 21.0 Å². The Labute approximate surface area is 245 Å². The number of methoxy groups -OCH3 is 1. The van der Waals surface area contributed by atoms with E-state index in [4.69, 9.17) is 23.5 Å². The van der Waals surface area contributed by atoms with E-state index in [0.717, 1.165) is 10.1 Å². The maximum atomic E-state index is 14.3. The lowest BCUT2D eigenvalue weighted by atomic mass is 10.0. The number of hydroxylamine groups is 1. The number of fused-ring (bicyclic) bond motifs is 1. The summed E-state index contributed by atoms with van der Waals surface area (Å²) in [6.07, 6.45) is 3.63. The largest absolute Gasteiger partial charge is 0.496 e. The van der Waals surface area contributed by atoms with Crippen molar-refractivity contribution in [3.8, 4) is 16.5 Å². The van der Waals surface area contributed by atoms with E-state index < -0.39 is 28.8 Å². The zero-order chi connectivity index (χ0) is 30.0. The third-order valence-electron chi connectivity index (χ3n) is 7.51. The molecule has 3 aromatic heterocycles. The third kappa shape index (κ3) is 5.40. The van der Waals surface area contributed by atoms with Crippen LogP contribution in [0.3, 0.4) is 0 Å². The number of para-hydroxylation sites is 1. The number of hydrogen-bond donors (Lipinski definition) is 1. The molecule has 0 radical (unpaired) electrons. The quantitative estimate of drug-likeness (QED) is 0.272. The molecular formula is C29H34N4O8S. The van der Waals surface area contributed by atoms with Crippen molar-refractivity contribution < 1.29 is 28.3 Å². The summed E-state index contributed by atoms with van der Waals surface area (Å²) < 4.78 is 25.9. The lowest BCUT2D eigenvalue weighted by Crippen LogP contribution is -2.55. The first-order valence-corrected chi connectivity index (χ1v) is 14.4. The van der Waals surface area contributed by atoms with Crippen molar-refractivity contribution in [3.05, 3.63) is 68.7 Å². The van der Waals surface area contributed by atoms with E-state index in [-0.39, 0.29) is 18.0 Å². The monoisotopic (exact) mass is 598 g/mol. The highest BCUT2D eigenvalue weighted by atomic mass is 32.1. The minimum Gasteiger partial charge on any atom is -0.496 e. The van der Waals surface area contributed by atoms with E-state index in [2.05, 4.69) is 10.5 Å². The Kier molecular flexibility index (Phi) is 8.64. The standard InChI is InChI=1S/C29H34N4O8S/c1-17-22-25(34)33(29(2,3)27(35)31-38-5)28(36)32(26(22)42-23(17)24-30-12-15-40-24)16-21(41-18-10-13-39-14-11-18)19-8-6-7-9-20(19)37-4/h6-9,12,15,18,21H,10-11,13-14,16H2,1-5H3,(H,31,35)/t21-/m0/s1. The van der Waals surface area contributed by atoms with Crippen molar-refractivity contribution in [2.75, 3.05) is 27.4 Å². The Hall–Kier alpha value is -3.78. The van der Waals surface area contributed by atoms with Crippen LogP contribution in [-0.2, 0) is 31.2 Å². The molecule has 4 aromatic rings. The van der Waals surface area contributed by atoms with Gasteiger partial charge >= 0.3 is 5.69 Å². The highest BCUT2D eigenvalue weighted by Gasteiger charge is 2.36. The fourth-order valence-corrected chi connectivity index (χ4v) is 6.46.